The van der Waals surface area contributed by atoms with Gasteiger partial charge in [0.2, 0.25) is 0 Å². The summed E-state index contributed by atoms with van der Waals surface area (Å²) in [5.74, 6) is 0.795. The summed E-state index contributed by atoms with van der Waals surface area (Å²) in [5.41, 5.74) is 5.19. The topological polar surface area (TPSA) is 35.2 Å². The van der Waals surface area contributed by atoms with Crippen molar-refractivity contribution in [3.8, 4) is 5.75 Å². The van der Waals surface area contributed by atoms with Crippen LogP contribution >= 0.6 is 0 Å². The molecule has 0 saturated heterocycles. The summed E-state index contributed by atoms with van der Waals surface area (Å²) in [6.07, 6.45) is 2.57. The van der Waals surface area contributed by atoms with E-state index < -0.39 is 5.67 Å². The van der Waals surface area contributed by atoms with Gasteiger partial charge in [-0.3, -0.25) is 0 Å². The largest absolute Gasteiger partial charge is 0.490 e. The molecule has 104 valence electrons. The minimum absolute atomic E-state index is 0.0835. The first-order chi connectivity index (χ1) is 9.72. The van der Waals surface area contributed by atoms with Gasteiger partial charge in [0.25, 0.3) is 0 Å². The fourth-order valence-corrected chi connectivity index (χ4v) is 2.28. The summed E-state index contributed by atoms with van der Waals surface area (Å²) >= 11 is 0. The molecule has 0 aromatic heterocycles. The van der Waals surface area contributed by atoms with Crippen molar-refractivity contribution in [2.24, 2.45) is 5.73 Å². The van der Waals surface area contributed by atoms with Crippen LogP contribution < -0.4 is 10.5 Å². The predicted octanol–water partition coefficient (Wildman–Crippen LogP) is 3.40. The number of ether oxygens (including phenoxy) is 1. The number of halogens is 1. The van der Waals surface area contributed by atoms with E-state index in [1.54, 1.807) is 24.3 Å². The van der Waals surface area contributed by atoms with Crippen LogP contribution in [0.3, 0.4) is 0 Å². The number of hydrogen-bond acceptors (Lipinski definition) is 2. The minimum Gasteiger partial charge on any atom is -0.490 e. The highest BCUT2D eigenvalue weighted by Crippen LogP contribution is 2.34. The van der Waals surface area contributed by atoms with Crippen molar-refractivity contribution in [1.82, 2.24) is 0 Å². The molecule has 2 aromatic carbocycles. The van der Waals surface area contributed by atoms with Gasteiger partial charge in [-0.1, -0.05) is 42.5 Å². The van der Waals surface area contributed by atoms with E-state index in [0.717, 1.165) is 18.6 Å². The van der Waals surface area contributed by atoms with Crippen LogP contribution in [0.4, 0.5) is 4.39 Å². The molecule has 1 saturated carbocycles. The van der Waals surface area contributed by atoms with Crippen molar-refractivity contribution in [1.29, 1.82) is 0 Å². The maximum atomic E-state index is 15.2. The van der Waals surface area contributed by atoms with Crippen molar-refractivity contribution < 1.29 is 9.13 Å². The number of rotatable bonds is 5. The van der Waals surface area contributed by atoms with Gasteiger partial charge < -0.3 is 10.5 Å². The summed E-state index contributed by atoms with van der Waals surface area (Å²) in [6, 6.07) is 16.2. The Hall–Kier alpha value is -1.87. The molecule has 1 atom stereocenters. The van der Waals surface area contributed by atoms with Gasteiger partial charge in [0, 0.05) is 6.54 Å². The van der Waals surface area contributed by atoms with Crippen molar-refractivity contribution >= 4 is 0 Å². The molecule has 0 amide bonds. The Kier molecular flexibility index (Phi) is 3.45. The Morgan fingerprint density at radius 3 is 2.15 bits per heavy atom. The Bertz CT molecular complexity index is 565. The number of benzene rings is 2. The molecule has 0 radical (unpaired) electrons. The van der Waals surface area contributed by atoms with E-state index in [9.17, 15) is 0 Å². The van der Waals surface area contributed by atoms with Gasteiger partial charge in [-0.2, -0.15) is 0 Å². The highest BCUT2D eigenvalue weighted by Gasteiger charge is 2.32. The zero-order chi connectivity index (χ0) is 14.0. The molecule has 1 aliphatic carbocycles. The van der Waals surface area contributed by atoms with Crippen LogP contribution in [0.5, 0.6) is 5.75 Å². The van der Waals surface area contributed by atoms with Gasteiger partial charge in [0.15, 0.2) is 5.67 Å². The van der Waals surface area contributed by atoms with Crippen LogP contribution in [-0.2, 0) is 5.67 Å². The average Bonchev–Trinajstić information content (AvgIpc) is 3.32. The maximum absolute atomic E-state index is 15.2. The normalized spacial score (nSPS) is 17.5. The van der Waals surface area contributed by atoms with Crippen LogP contribution in [0.25, 0.3) is 0 Å². The molecule has 3 rings (SSSR count). The third kappa shape index (κ3) is 2.54. The number of hydrogen-bond donors (Lipinski definition) is 1. The molecular formula is C17H18FNO. The molecule has 3 heteroatoms. The highest BCUT2D eigenvalue weighted by molar-refractivity contribution is 5.39. The Morgan fingerprint density at radius 1 is 1.00 bits per heavy atom. The molecule has 0 heterocycles. The van der Waals surface area contributed by atoms with Crippen molar-refractivity contribution in [2.75, 3.05) is 6.54 Å². The molecule has 2 nitrogen and oxygen atoms in total. The van der Waals surface area contributed by atoms with Gasteiger partial charge in [-0.25, -0.2) is 4.39 Å². The minimum atomic E-state index is -1.65. The Morgan fingerprint density at radius 2 is 1.60 bits per heavy atom. The fraction of sp³-hybridized carbons (Fsp3) is 0.294. The fourth-order valence-electron chi connectivity index (χ4n) is 2.28. The van der Waals surface area contributed by atoms with E-state index in [1.807, 2.05) is 30.3 Å². The molecule has 0 bridgehead atoms. The Labute approximate surface area is 118 Å². The third-order valence-electron chi connectivity index (χ3n) is 3.65. The van der Waals surface area contributed by atoms with Crippen LogP contribution in [-0.4, -0.2) is 12.6 Å². The third-order valence-corrected chi connectivity index (χ3v) is 3.65. The molecule has 1 aliphatic rings. The lowest BCUT2D eigenvalue weighted by Crippen LogP contribution is -2.31. The SMILES string of the molecule is NCC(F)(c1ccccc1)c1ccc(OC2CC2)cc1. The molecule has 2 aromatic rings. The molecule has 0 spiro atoms. The van der Waals surface area contributed by atoms with Gasteiger partial charge in [0.05, 0.1) is 6.10 Å². The molecule has 2 N–H and O–H groups in total. The lowest BCUT2D eigenvalue weighted by Gasteiger charge is -2.25. The summed E-state index contributed by atoms with van der Waals surface area (Å²) in [7, 11) is 0. The van der Waals surface area contributed by atoms with Gasteiger partial charge >= 0.3 is 0 Å². The van der Waals surface area contributed by atoms with Crippen LogP contribution in [0.2, 0.25) is 0 Å². The Balaban J connectivity index is 1.88. The summed E-state index contributed by atoms with van der Waals surface area (Å²) in [4.78, 5) is 0. The quantitative estimate of drug-likeness (QED) is 0.904. The van der Waals surface area contributed by atoms with Crippen molar-refractivity contribution in [3.63, 3.8) is 0 Å². The second kappa shape index (κ2) is 5.25. The number of nitrogens with two attached hydrogens (primary N) is 1. The first-order valence-corrected chi connectivity index (χ1v) is 6.94. The molecule has 0 aliphatic heterocycles. The summed E-state index contributed by atoms with van der Waals surface area (Å²) < 4.78 is 20.9. The van der Waals surface area contributed by atoms with E-state index in [1.165, 1.54) is 0 Å². The molecule has 20 heavy (non-hydrogen) atoms. The monoisotopic (exact) mass is 271 g/mol. The number of alkyl halides is 1. The van der Waals surface area contributed by atoms with Gasteiger partial charge in [-0.05, 0) is 36.1 Å². The van der Waals surface area contributed by atoms with Crippen LogP contribution in [0.1, 0.15) is 24.0 Å². The van der Waals surface area contributed by atoms with Crippen LogP contribution in [0, 0.1) is 0 Å². The second-order valence-corrected chi connectivity index (χ2v) is 5.21. The van der Waals surface area contributed by atoms with Gasteiger partial charge in [-0.15, -0.1) is 0 Å². The average molecular weight is 271 g/mol. The molecular weight excluding hydrogens is 253 g/mol. The van der Waals surface area contributed by atoms with E-state index in [4.69, 9.17) is 10.5 Å². The van der Waals surface area contributed by atoms with Gasteiger partial charge in [0.1, 0.15) is 5.75 Å². The lowest BCUT2D eigenvalue weighted by molar-refractivity contribution is 0.232. The summed E-state index contributed by atoms with van der Waals surface area (Å²) in [5, 5.41) is 0. The maximum Gasteiger partial charge on any atom is 0.173 e. The standard InChI is InChI=1S/C17H18FNO/c18-17(12-19,13-4-2-1-3-5-13)14-6-8-15(9-7-14)20-16-10-11-16/h1-9,16H,10-12,19H2. The predicted molar refractivity (Wildman–Crippen MR) is 77.5 cm³/mol. The molecule has 1 fully saturated rings. The summed E-state index contributed by atoms with van der Waals surface area (Å²) in [6.45, 7) is -0.0835. The highest BCUT2D eigenvalue weighted by atomic mass is 19.1. The van der Waals surface area contributed by atoms with E-state index >= 15 is 4.39 Å². The zero-order valence-electron chi connectivity index (χ0n) is 11.3. The lowest BCUT2D eigenvalue weighted by atomic mass is 9.88. The van der Waals surface area contributed by atoms with Crippen molar-refractivity contribution in [2.45, 2.75) is 24.6 Å². The molecule has 1 unspecified atom stereocenters. The zero-order valence-corrected chi connectivity index (χ0v) is 11.3. The second-order valence-electron chi connectivity index (χ2n) is 5.21. The van der Waals surface area contributed by atoms with Crippen molar-refractivity contribution in [3.05, 3.63) is 65.7 Å². The first kappa shape index (κ1) is 13.1. The van der Waals surface area contributed by atoms with E-state index in [2.05, 4.69) is 0 Å². The smallest absolute Gasteiger partial charge is 0.173 e. The first-order valence-electron chi connectivity index (χ1n) is 6.94. The van der Waals surface area contributed by atoms with E-state index in [0.29, 0.717) is 17.2 Å². The van der Waals surface area contributed by atoms with E-state index in [-0.39, 0.29) is 6.54 Å². The van der Waals surface area contributed by atoms with Crippen LogP contribution in [0.15, 0.2) is 54.6 Å².